The molecule has 5 nitrogen and oxygen atoms in total. The predicted molar refractivity (Wildman–Crippen MR) is 108 cm³/mol. The molecule has 1 unspecified atom stereocenters. The third kappa shape index (κ3) is 3.71. The van der Waals surface area contributed by atoms with Gasteiger partial charge in [0.25, 0.3) is 5.91 Å². The van der Waals surface area contributed by atoms with E-state index >= 15 is 0 Å². The highest BCUT2D eigenvalue weighted by molar-refractivity contribution is 6.23. The molecule has 1 aromatic rings. The van der Waals surface area contributed by atoms with Crippen molar-refractivity contribution in [3.05, 3.63) is 30.3 Å². The smallest absolute Gasteiger partial charge is 0.257 e. The van der Waals surface area contributed by atoms with Gasteiger partial charge in [0.15, 0.2) is 0 Å². The lowest BCUT2D eigenvalue weighted by Gasteiger charge is -2.40. The van der Waals surface area contributed by atoms with E-state index in [4.69, 9.17) is 0 Å². The molecule has 150 valence electrons. The number of benzene rings is 1. The predicted octanol–water partition coefficient (Wildman–Crippen LogP) is 4.06. The van der Waals surface area contributed by atoms with Gasteiger partial charge in [-0.25, -0.2) is 4.90 Å². The molecule has 28 heavy (non-hydrogen) atoms. The summed E-state index contributed by atoms with van der Waals surface area (Å²) >= 11 is 0. The molecule has 5 heteroatoms. The molecule has 1 saturated heterocycles. The Morgan fingerprint density at radius 1 is 0.857 bits per heavy atom. The van der Waals surface area contributed by atoms with Crippen molar-refractivity contribution in [3.63, 3.8) is 0 Å². The quantitative estimate of drug-likeness (QED) is 0.738. The molecule has 1 aliphatic heterocycles. The second-order valence-corrected chi connectivity index (χ2v) is 8.50. The van der Waals surface area contributed by atoms with Gasteiger partial charge in [0.2, 0.25) is 11.8 Å². The Kier molecular flexibility index (Phi) is 5.79. The van der Waals surface area contributed by atoms with E-state index < -0.39 is 6.04 Å². The number of anilines is 1. The fourth-order valence-electron chi connectivity index (χ4n) is 5.19. The summed E-state index contributed by atoms with van der Waals surface area (Å²) < 4.78 is 0. The third-order valence-electron chi connectivity index (χ3n) is 6.65. The van der Waals surface area contributed by atoms with Crippen LogP contribution < -0.4 is 4.90 Å². The van der Waals surface area contributed by atoms with Crippen molar-refractivity contribution in [2.45, 2.75) is 82.7 Å². The number of imide groups is 1. The minimum atomic E-state index is -0.634. The van der Waals surface area contributed by atoms with Gasteiger partial charge in [-0.05, 0) is 37.8 Å². The number of para-hydroxylation sites is 1. The molecule has 2 aliphatic carbocycles. The van der Waals surface area contributed by atoms with E-state index in [1.54, 1.807) is 12.1 Å². The number of carbonyl (C=O) groups excluding carboxylic acids is 3. The monoisotopic (exact) mass is 382 g/mol. The van der Waals surface area contributed by atoms with Crippen LogP contribution in [0.3, 0.4) is 0 Å². The summed E-state index contributed by atoms with van der Waals surface area (Å²) in [4.78, 5) is 42.7. The van der Waals surface area contributed by atoms with Crippen LogP contribution in [0.4, 0.5) is 5.69 Å². The molecule has 1 atom stereocenters. The highest BCUT2D eigenvalue weighted by atomic mass is 16.2. The summed E-state index contributed by atoms with van der Waals surface area (Å²) in [6, 6.07) is 8.56. The molecule has 4 rings (SSSR count). The van der Waals surface area contributed by atoms with E-state index in [0.717, 1.165) is 51.4 Å². The standard InChI is InChI=1S/C23H30N2O3/c26-21-16-20(23(28)25(21)19-14-8-3-9-15-19)24(18-12-6-2-7-13-18)22(27)17-10-4-1-5-11-17/h3,8-9,14-15,17-18,20H,1-2,4-7,10-13,16H2. The van der Waals surface area contributed by atoms with E-state index in [1.807, 2.05) is 23.1 Å². The van der Waals surface area contributed by atoms with Crippen molar-refractivity contribution >= 4 is 23.4 Å². The summed E-state index contributed by atoms with van der Waals surface area (Å²) in [5, 5.41) is 0. The first kappa shape index (κ1) is 19.2. The molecule has 3 fully saturated rings. The van der Waals surface area contributed by atoms with Gasteiger partial charge in [0.1, 0.15) is 6.04 Å². The molecule has 1 aromatic carbocycles. The van der Waals surface area contributed by atoms with Crippen molar-refractivity contribution in [2.75, 3.05) is 4.90 Å². The number of hydrogen-bond donors (Lipinski definition) is 0. The Morgan fingerprint density at radius 3 is 2.11 bits per heavy atom. The van der Waals surface area contributed by atoms with E-state index in [0.29, 0.717) is 5.69 Å². The first-order chi connectivity index (χ1) is 13.7. The Bertz CT molecular complexity index is 721. The molecule has 0 spiro atoms. The largest absolute Gasteiger partial charge is 0.327 e. The Labute approximate surface area is 167 Å². The zero-order valence-electron chi connectivity index (χ0n) is 16.5. The molecule has 3 amide bonds. The highest BCUT2D eigenvalue weighted by Gasteiger charge is 2.47. The first-order valence-corrected chi connectivity index (χ1v) is 10.9. The summed E-state index contributed by atoms with van der Waals surface area (Å²) in [6.45, 7) is 0. The van der Waals surface area contributed by atoms with Crippen LogP contribution in [0.2, 0.25) is 0 Å². The fraction of sp³-hybridized carbons (Fsp3) is 0.609. The minimum Gasteiger partial charge on any atom is -0.327 e. The van der Waals surface area contributed by atoms with Crippen LogP contribution in [0.15, 0.2) is 30.3 Å². The van der Waals surface area contributed by atoms with Gasteiger partial charge in [-0.2, -0.15) is 0 Å². The van der Waals surface area contributed by atoms with Crippen molar-refractivity contribution in [3.8, 4) is 0 Å². The maximum atomic E-state index is 13.5. The van der Waals surface area contributed by atoms with E-state index in [-0.39, 0.29) is 36.1 Å². The number of hydrogen-bond acceptors (Lipinski definition) is 3. The maximum Gasteiger partial charge on any atom is 0.257 e. The van der Waals surface area contributed by atoms with Gasteiger partial charge in [0, 0.05) is 12.0 Å². The molecule has 0 radical (unpaired) electrons. The molecule has 3 aliphatic rings. The zero-order valence-corrected chi connectivity index (χ0v) is 16.5. The van der Waals surface area contributed by atoms with Crippen LogP contribution in [0.1, 0.15) is 70.6 Å². The lowest BCUT2D eigenvalue weighted by atomic mass is 9.86. The second kappa shape index (κ2) is 8.46. The van der Waals surface area contributed by atoms with Gasteiger partial charge in [0.05, 0.1) is 12.1 Å². The van der Waals surface area contributed by atoms with Crippen molar-refractivity contribution in [1.29, 1.82) is 0 Å². The van der Waals surface area contributed by atoms with E-state index in [1.165, 1.54) is 17.7 Å². The molecule has 0 N–H and O–H groups in total. The minimum absolute atomic E-state index is 0.0179. The van der Waals surface area contributed by atoms with Crippen LogP contribution in [0, 0.1) is 5.92 Å². The molecule has 1 heterocycles. The van der Waals surface area contributed by atoms with Gasteiger partial charge in [-0.3, -0.25) is 14.4 Å². The highest BCUT2D eigenvalue weighted by Crippen LogP contribution is 2.34. The second-order valence-electron chi connectivity index (χ2n) is 8.50. The van der Waals surface area contributed by atoms with Crippen LogP contribution >= 0.6 is 0 Å². The number of carbonyl (C=O) groups is 3. The molecule has 2 saturated carbocycles. The van der Waals surface area contributed by atoms with Crippen molar-refractivity contribution < 1.29 is 14.4 Å². The molecule has 0 bridgehead atoms. The topological polar surface area (TPSA) is 57.7 Å². The van der Waals surface area contributed by atoms with Crippen molar-refractivity contribution in [1.82, 2.24) is 4.90 Å². The first-order valence-electron chi connectivity index (χ1n) is 10.9. The molecule has 0 aromatic heterocycles. The lowest BCUT2D eigenvalue weighted by molar-refractivity contribution is -0.146. The molecular formula is C23H30N2O3. The number of amides is 3. The number of rotatable bonds is 4. The van der Waals surface area contributed by atoms with Crippen LogP contribution in [-0.4, -0.2) is 34.7 Å². The van der Waals surface area contributed by atoms with Gasteiger partial charge < -0.3 is 4.90 Å². The fourth-order valence-corrected chi connectivity index (χ4v) is 5.19. The van der Waals surface area contributed by atoms with E-state index in [9.17, 15) is 14.4 Å². The normalized spacial score (nSPS) is 24.6. The lowest BCUT2D eigenvalue weighted by Crippen LogP contribution is -2.53. The van der Waals surface area contributed by atoms with Gasteiger partial charge in [-0.1, -0.05) is 56.7 Å². The van der Waals surface area contributed by atoms with Gasteiger partial charge >= 0.3 is 0 Å². The Morgan fingerprint density at radius 2 is 1.46 bits per heavy atom. The van der Waals surface area contributed by atoms with Gasteiger partial charge in [-0.15, -0.1) is 0 Å². The van der Waals surface area contributed by atoms with Crippen LogP contribution in [0.25, 0.3) is 0 Å². The average Bonchev–Trinajstić information content (AvgIpc) is 3.04. The maximum absolute atomic E-state index is 13.5. The third-order valence-corrected chi connectivity index (χ3v) is 6.65. The zero-order chi connectivity index (χ0) is 19.5. The summed E-state index contributed by atoms with van der Waals surface area (Å²) in [5.41, 5.74) is 0.605. The summed E-state index contributed by atoms with van der Waals surface area (Å²) in [5.74, 6) is -0.290. The summed E-state index contributed by atoms with van der Waals surface area (Å²) in [6.07, 6.45) is 10.6. The van der Waals surface area contributed by atoms with Crippen molar-refractivity contribution in [2.24, 2.45) is 5.92 Å². The van der Waals surface area contributed by atoms with Crippen LogP contribution in [-0.2, 0) is 14.4 Å². The summed E-state index contributed by atoms with van der Waals surface area (Å²) in [7, 11) is 0. The molecular weight excluding hydrogens is 352 g/mol. The SMILES string of the molecule is O=C1CC(N(C(=O)C2CCCCC2)C2CCCCC2)C(=O)N1c1ccccc1. The Hall–Kier alpha value is -2.17. The Balaban J connectivity index is 1.61. The van der Waals surface area contributed by atoms with Crippen LogP contribution in [0.5, 0.6) is 0 Å². The van der Waals surface area contributed by atoms with E-state index in [2.05, 4.69) is 0 Å². The average molecular weight is 383 g/mol. The number of nitrogens with zero attached hydrogens (tertiary/aromatic N) is 2.